The quantitative estimate of drug-likeness (QED) is 0.268. The van der Waals surface area contributed by atoms with E-state index in [2.05, 4.69) is 49.4 Å². The van der Waals surface area contributed by atoms with Crippen molar-refractivity contribution in [3.05, 3.63) is 48.0 Å². The van der Waals surface area contributed by atoms with Gasteiger partial charge in [-0.05, 0) is 24.8 Å². The van der Waals surface area contributed by atoms with E-state index in [0.29, 0.717) is 0 Å². The van der Waals surface area contributed by atoms with Crippen LogP contribution in [0.2, 0.25) is 0 Å². The van der Waals surface area contributed by atoms with Crippen LogP contribution in [0.5, 0.6) is 0 Å². The number of benzene rings is 1. The van der Waals surface area contributed by atoms with E-state index >= 15 is 0 Å². The summed E-state index contributed by atoms with van der Waals surface area (Å²) in [5.41, 5.74) is 1.41. The second-order valence-electron chi connectivity index (χ2n) is 6.13. The molecule has 21 heavy (non-hydrogen) atoms. The lowest BCUT2D eigenvalue weighted by molar-refractivity contribution is 0.557. The summed E-state index contributed by atoms with van der Waals surface area (Å²) in [5, 5.41) is 0. The predicted molar refractivity (Wildman–Crippen MR) is 95.7 cm³/mol. The topological polar surface area (TPSA) is 0 Å². The molecule has 0 aliphatic heterocycles. The Morgan fingerprint density at radius 3 is 1.86 bits per heavy atom. The second kappa shape index (κ2) is 13.9. The standard InChI is InChI=1S/C21H34/c1-2-3-4-5-6-7-8-9-10-11-12-13-15-18-21-19-16-14-17-20-21/h13-17,19-20H,2-12,18H2,1H3/b15-13+. The molecule has 118 valence electrons. The Labute approximate surface area is 132 Å². The van der Waals surface area contributed by atoms with Crippen molar-refractivity contribution in [3.8, 4) is 0 Å². The van der Waals surface area contributed by atoms with Crippen LogP contribution in [0.4, 0.5) is 0 Å². The zero-order valence-electron chi connectivity index (χ0n) is 14.0. The maximum atomic E-state index is 2.36. The zero-order valence-corrected chi connectivity index (χ0v) is 14.0. The highest BCUT2D eigenvalue weighted by atomic mass is 14.0. The third-order valence-electron chi connectivity index (χ3n) is 4.09. The Morgan fingerprint density at radius 1 is 0.667 bits per heavy atom. The lowest BCUT2D eigenvalue weighted by atomic mass is 10.1. The molecule has 0 aliphatic carbocycles. The highest BCUT2D eigenvalue weighted by Gasteiger charge is 1.92. The number of unbranched alkanes of at least 4 members (excludes halogenated alkanes) is 10. The van der Waals surface area contributed by atoms with Gasteiger partial charge in [0.1, 0.15) is 0 Å². The van der Waals surface area contributed by atoms with E-state index in [0.717, 1.165) is 6.42 Å². The van der Waals surface area contributed by atoms with Gasteiger partial charge in [-0.3, -0.25) is 0 Å². The van der Waals surface area contributed by atoms with Crippen molar-refractivity contribution in [2.24, 2.45) is 0 Å². The number of hydrogen-bond donors (Lipinski definition) is 0. The SMILES string of the molecule is CCCCCCCCCCCC/C=C/Cc1ccccc1. The van der Waals surface area contributed by atoms with Crippen LogP contribution in [-0.4, -0.2) is 0 Å². The number of allylic oxidation sites excluding steroid dienone is 2. The van der Waals surface area contributed by atoms with Gasteiger partial charge in [0, 0.05) is 0 Å². The molecule has 0 N–H and O–H groups in total. The van der Waals surface area contributed by atoms with Gasteiger partial charge in [-0.15, -0.1) is 0 Å². The first-order valence-corrected chi connectivity index (χ1v) is 9.12. The van der Waals surface area contributed by atoms with E-state index in [9.17, 15) is 0 Å². The molecule has 0 atom stereocenters. The normalized spacial score (nSPS) is 11.3. The minimum absolute atomic E-state index is 1.08. The molecule has 0 spiro atoms. The van der Waals surface area contributed by atoms with Crippen LogP contribution in [0.25, 0.3) is 0 Å². The molecule has 1 rings (SSSR count). The molecule has 0 fully saturated rings. The van der Waals surface area contributed by atoms with Gasteiger partial charge in [-0.2, -0.15) is 0 Å². The molecule has 0 bridgehead atoms. The summed E-state index contributed by atoms with van der Waals surface area (Å²) in [7, 11) is 0. The van der Waals surface area contributed by atoms with Gasteiger partial charge in [0.25, 0.3) is 0 Å². The Bertz CT molecular complexity index is 336. The Hall–Kier alpha value is -1.04. The number of rotatable bonds is 13. The second-order valence-corrected chi connectivity index (χ2v) is 6.13. The first-order chi connectivity index (χ1) is 10.4. The molecule has 1 aromatic carbocycles. The van der Waals surface area contributed by atoms with E-state index in [-0.39, 0.29) is 0 Å². The van der Waals surface area contributed by atoms with E-state index in [1.54, 1.807) is 0 Å². The van der Waals surface area contributed by atoms with Crippen LogP contribution in [0, 0.1) is 0 Å². The van der Waals surface area contributed by atoms with Gasteiger partial charge in [-0.25, -0.2) is 0 Å². The average Bonchev–Trinajstić information content (AvgIpc) is 2.53. The summed E-state index contributed by atoms with van der Waals surface area (Å²) in [6.07, 6.45) is 21.3. The van der Waals surface area contributed by atoms with Crippen LogP contribution in [0.15, 0.2) is 42.5 Å². The van der Waals surface area contributed by atoms with Crippen molar-refractivity contribution in [2.45, 2.75) is 84.0 Å². The zero-order chi connectivity index (χ0) is 15.0. The van der Waals surface area contributed by atoms with Crippen LogP contribution in [-0.2, 0) is 6.42 Å². The first kappa shape index (κ1) is 18.0. The fourth-order valence-corrected chi connectivity index (χ4v) is 2.70. The van der Waals surface area contributed by atoms with E-state index in [1.165, 1.54) is 76.2 Å². The first-order valence-electron chi connectivity index (χ1n) is 9.12. The molecule has 0 heterocycles. The van der Waals surface area contributed by atoms with E-state index in [1.807, 2.05) is 0 Å². The van der Waals surface area contributed by atoms with Crippen molar-refractivity contribution in [1.82, 2.24) is 0 Å². The maximum Gasteiger partial charge on any atom is -0.00975 e. The molecular formula is C21H34. The van der Waals surface area contributed by atoms with E-state index < -0.39 is 0 Å². The monoisotopic (exact) mass is 286 g/mol. The molecule has 0 radical (unpaired) electrons. The number of hydrogen-bond acceptors (Lipinski definition) is 0. The maximum absolute atomic E-state index is 2.36. The van der Waals surface area contributed by atoms with Crippen LogP contribution >= 0.6 is 0 Å². The average molecular weight is 287 g/mol. The molecule has 0 amide bonds. The van der Waals surface area contributed by atoms with Gasteiger partial charge in [0.05, 0.1) is 0 Å². The molecule has 0 nitrogen and oxygen atoms in total. The molecule has 1 aromatic rings. The lowest BCUT2D eigenvalue weighted by Crippen LogP contribution is -1.82. The summed E-state index contributed by atoms with van der Waals surface area (Å²) in [6, 6.07) is 10.7. The van der Waals surface area contributed by atoms with Crippen LogP contribution < -0.4 is 0 Å². The molecular weight excluding hydrogens is 252 g/mol. The van der Waals surface area contributed by atoms with Crippen LogP contribution in [0.1, 0.15) is 83.1 Å². The smallest absolute Gasteiger partial charge is 0.00975 e. The highest BCUT2D eigenvalue weighted by molar-refractivity contribution is 5.17. The van der Waals surface area contributed by atoms with Gasteiger partial charge < -0.3 is 0 Å². The lowest BCUT2D eigenvalue weighted by Gasteiger charge is -2.01. The largest absolute Gasteiger partial charge is 0.0882 e. The molecule has 0 aliphatic rings. The molecule has 0 saturated heterocycles. The van der Waals surface area contributed by atoms with Gasteiger partial charge in [-0.1, -0.05) is 107 Å². The fraction of sp³-hybridized carbons (Fsp3) is 0.619. The van der Waals surface area contributed by atoms with Crippen molar-refractivity contribution >= 4 is 0 Å². The van der Waals surface area contributed by atoms with Crippen molar-refractivity contribution in [1.29, 1.82) is 0 Å². The van der Waals surface area contributed by atoms with Crippen LogP contribution in [0.3, 0.4) is 0 Å². The highest BCUT2D eigenvalue weighted by Crippen LogP contribution is 2.11. The molecule has 0 unspecified atom stereocenters. The fourth-order valence-electron chi connectivity index (χ4n) is 2.70. The summed E-state index contributed by atoms with van der Waals surface area (Å²) >= 11 is 0. The Kier molecular flexibility index (Phi) is 11.9. The minimum Gasteiger partial charge on any atom is -0.0882 e. The predicted octanol–water partition coefficient (Wildman–Crippen LogP) is 7.10. The van der Waals surface area contributed by atoms with Crippen molar-refractivity contribution in [3.63, 3.8) is 0 Å². The van der Waals surface area contributed by atoms with Crippen molar-refractivity contribution in [2.75, 3.05) is 0 Å². The minimum atomic E-state index is 1.08. The van der Waals surface area contributed by atoms with Gasteiger partial charge in [0.15, 0.2) is 0 Å². The molecule has 0 heteroatoms. The summed E-state index contributed by atoms with van der Waals surface area (Å²) in [4.78, 5) is 0. The Morgan fingerprint density at radius 2 is 1.24 bits per heavy atom. The summed E-state index contributed by atoms with van der Waals surface area (Å²) < 4.78 is 0. The third kappa shape index (κ3) is 11.3. The summed E-state index contributed by atoms with van der Waals surface area (Å²) in [6.45, 7) is 2.29. The molecule has 0 saturated carbocycles. The van der Waals surface area contributed by atoms with Gasteiger partial charge in [0.2, 0.25) is 0 Å². The third-order valence-corrected chi connectivity index (χ3v) is 4.09. The van der Waals surface area contributed by atoms with Crippen molar-refractivity contribution < 1.29 is 0 Å². The Balaban J connectivity index is 1.82. The molecule has 0 aromatic heterocycles. The van der Waals surface area contributed by atoms with E-state index in [4.69, 9.17) is 0 Å². The summed E-state index contributed by atoms with van der Waals surface area (Å²) in [5.74, 6) is 0. The van der Waals surface area contributed by atoms with Gasteiger partial charge >= 0.3 is 0 Å².